The molecule has 2 aliphatic rings. The minimum Gasteiger partial charge on any atom is -0.361 e. The first-order valence-electron chi connectivity index (χ1n) is 9.80. The SMILES string of the molecule is CN=C(NCCc1c(C)noc1C)NC1CCN(C2CCCC2)CC1.I. The molecule has 0 bridgehead atoms. The van der Waals surface area contributed by atoms with Crippen LogP contribution in [0.25, 0.3) is 0 Å². The molecule has 6 nitrogen and oxygen atoms in total. The van der Waals surface area contributed by atoms with Crippen LogP contribution in [0.3, 0.4) is 0 Å². The smallest absolute Gasteiger partial charge is 0.191 e. The van der Waals surface area contributed by atoms with E-state index in [0.717, 1.165) is 36.4 Å². The quantitative estimate of drug-likeness (QED) is 0.390. The largest absolute Gasteiger partial charge is 0.361 e. The summed E-state index contributed by atoms with van der Waals surface area (Å²) in [6.07, 6.45) is 8.98. The number of aromatic nitrogens is 1. The second kappa shape index (κ2) is 10.5. The van der Waals surface area contributed by atoms with E-state index in [0.29, 0.717) is 6.04 Å². The van der Waals surface area contributed by atoms with Gasteiger partial charge >= 0.3 is 0 Å². The zero-order chi connectivity index (χ0) is 17.6. The molecule has 2 N–H and O–H groups in total. The van der Waals surface area contributed by atoms with E-state index >= 15 is 0 Å². The van der Waals surface area contributed by atoms with Crippen LogP contribution in [0.4, 0.5) is 0 Å². The van der Waals surface area contributed by atoms with Gasteiger partial charge in [-0.15, -0.1) is 24.0 Å². The highest BCUT2D eigenvalue weighted by Gasteiger charge is 2.27. The monoisotopic (exact) mass is 475 g/mol. The molecule has 1 aromatic heterocycles. The number of likely N-dealkylation sites (tertiary alicyclic amines) is 1. The average molecular weight is 475 g/mol. The van der Waals surface area contributed by atoms with E-state index in [4.69, 9.17) is 4.52 Å². The van der Waals surface area contributed by atoms with Crippen LogP contribution in [0.15, 0.2) is 9.52 Å². The van der Waals surface area contributed by atoms with Gasteiger partial charge in [0.15, 0.2) is 5.96 Å². The third-order valence-electron chi connectivity index (χ3n) is 5.78. The number of hydrogen-bond acceptors (Lipinski definition) is 4. The van der Waals surface area contributed by atoms with Gasteiger partial charge in [-0.2, -0.15) is 0 Å². The van der Waals surface area contributed by atoms with Crippen LogP contribution in [0.1, 0.15) is 55.5 Å². The van der Waals surface area contributed by atoms with E-state index < -0.39 is 0 Å². The number of rotatable bonds is 5. The number of piperidine rings is 1. The van der Waals surface area contributed by atoms with Crippen molar-refractivity contribution in [2.45, 2.75) is 70.9 Å². The molecule has 0 aromatic carbocycles. The van der Waals surface area contributed by atoms with Crippen LogP contribution in [-0.2, 0) is 6.42 Å². The number of nitrogens with one attached hydrogen (secondary N) is 2. The lowest BCUT2D eigenvalue weighted by Gasteiger charge is -2.36. The Morgan fingerprint density at radius 1 is 1.19 bits per heavy atom. The van der Waals surface area contributed by atoms with E-state index in [1.807, 2.05) is 20.9 Å². The van der Waals surface area contributed by atoms with E-state index in [1.165, 1.54) is 57.2 Å². The molecule has 26 heavy (non-hydrogen) atoms. The van der Waals surface area contributed by atoms with Crippen LogP contribution in [0.2, 0.25) is 0 Å². The standard InChI is InChI=1S/C19H33N5O.HI/c1-14-18(15(2)25-23-14)8-11-21-19(20-3)22-16-9-12-24(13-10-16)17-6-4-5-7-17;/h16-17H,4-13H2,1-3H3,(H2,20,21,22);1H. The molecule has 1 aliphatic carbocycles. The molecular weight excluding hydrogens is 441 g/mol. The molecule has 7 heteroatoms. The van der Waals surface area contributed by atoms with Crippen molar-refractivity contribution in [3.05, 3.63) is 17.0 Å². The molecule has 0 radical (unpaired) electrons. The molecule has 2 heterocycles. The summed E-state index contributed by atoms with van der Waals surface area (Å²) in [5.41, 5.74) is 2.19. The maximum Gasteiger partial charge on any atom is 0.191 e. The Morgan fingerprint density at radius 2 is 1.88 bits per heavy atom. The number of nitrogens with zero attached hydrogens (tertiary/aromatic N) is 3. The number of aliphatic imine (C=N–C) groups is 1. The Morgan fingerprint density at radius 3 is 2.46 bits per heavy atom. The fraction of sp³-hybridized carbons (Fsp3) is 0.789. The van der Waals surface area contributed by atoms with E-state index in [1.54, 1.807) is 0 Å². The number of guanidine groups is 1. The number of hydrogen-bond donors (Lipinski definition) is 2. The lowest BCUT2D eigenvalue weighted by Crippen LogP contribution is -2.50. The van der Waals surface area contributed by atoms with Crippen LogP contribution < -0.4 is 10.6 Å². The van der Waals surface area contributed by atoms with Gasteiger partial charge in [-0.1, -0.05) is 18.0 Å². The summed E-state index contributed by atoms with van der Waals surface area (Å²) in [5, 5.41) is 11.0. The third-order valence-corrected chi connectivity index (χ3v) is 5.78. The normalized spacial score (nSPS) is 20.2. The molecule has 2 fully saturated rings. The van der Waals surface area contributed by atoms with Crippen LogP contribution in [0, 0.1) is 13.8 Å². The van der Waals surface area contributed by atoms with Gasteiger partial charge in [0.1, 0.15) is 5.76 Å². The number of halogens is 1. The van der Waals surface area contributed by atoms with Gasteiger partial charge in [0.2, 0.25) is 0 Å². The number of aryl methyl sites for hydroxylation is 2. The molecule has 0 unspecified atom stereocenters. The Labute approximate surface area is 174 Å². The Hall–Kier alpha value is -0.830. The zero-order valence-corrected chi connectivity index (χ0v) is 18.7. The summed E-state index contributed by atoms with van der Waals surface area (Å²) in [5.74, 6) is 1.83. The van der Waals surface area contributed by atoms with E-state index in [2.05, 4.69) is 25.7 Å². The van der Waals surface area contributed by atoms with Gasteiger partial charge in [0, 0.05) is 44.3 Å². The summed E-state index contributed by atoms with van der Waals surface area (Å²) in [6, 6.07) is 1.39. The van der Waals surface area contributed by atoms with Crippen molar-refractivity contribution in [3.63, 3.8) is 0 Å². The van der Waals surface area contributed by atoms with Gasteiger partial charge in [-0.25, -0.2) is 0 Å². The second-order valence-corrected chi connectivity index (χ2v) is 7.44. The average Bonchev–Trinajstić information content (AvgIpc) is 3.27. The molecule has 3 rings (SSSR count). The first kappa shape index (κ1) is 21.5. The van der Waals surface area contributed by atoms with Gasteiger partial charge in [0.25, 0.3) is 0 Å². The van der Waals surface area contributed by atoms with Crippen LogP contribution in [-0.4, -0.2) is 54.8 Å². The molecule has 1 aliphatic heterocycles. The predicted molar refractivity (Wildman–Crippen MR) is 116 cm³/mol. The summed E-state index contributed by atoms with van der Waals surface area (Å²) < 4.78 is 5.22. The molecule has 0 atom stereocenters. The third kappa shape index (κ3) is 5.58. The summed E-state index contributed by atoms with van der Waals surface area (Å²) >= 11 is 0. The molecule has 0 amide bonds. The van der Waals surface area contributed by atoms with Crippen molar-refractivity contribution in [3.8, 4) is 0 Å². The molecular formula is C19H34IN5O. The van der Waals surface area contributed by atoms with Gasteiger partial charge < -0.3 is 20.1 Å². The van der Waals surface area contributed by atoms with Crippen molar-refractivity contribution in [2.75, 3.05) is 26.7 Å². The zero-order valence-electron chi connectivity index (χ0n) is 16.4. The fourth-order valence-corrected chi connectivity index (χ4v) is 4.23. The molecule has 1 saturated carbocycles. The molecule has 0 spiro atoms. The highest BCUT2D eigenvalue weighted by molar-refractivity contribution is 14.0. The lowest BCUT2D eigenvalue weighted by molar-refractivity contribution is 0.150. The lowest BCUT2D eigenvalue weighted by atomic mass is 10.0. The van der Waals surface area contributed by atoms with Crippen LogP contribution >= 0.6 is 24.0 Å². The fourth-order valence-electron chi connectivity index (χ4n) is 4.23. The second-order valence-electron chi connectivity index (χ2n) is 7.44. The first-order chi connectivity index (χ1) is 12.2. The van der Waals surface area contributed by atoms with Gasteiger partial charge in [-0.05, 0) is 46.0 Å². The summed E-state index contributed by atoms with van der Waals surface area (Å²) in [4.78, 5) is 7.09. The Balaban J connectivity index is 0.00000243. The highest BCUT2D eigenvalue weighted by atomic mass is 127. The maximum atomic E-state index is 5.22. The summed E-state index contributed by atoms with van der Waals surface area (Å²) in [6.45, 7) is 7.25. The Kier molecular flexibility index (Phi) is 8.66. The van der Waals surface area contributed by atoms with Crippen molar-refractivity contribution >= 4 is 29.9 Å². The minimum atomic E-state index is 0. The van der Waals surface area contributed by atoms with Crippen LogP contribution in [0.5, 0.6) is 0 Å². The van der Waals surface area contributed by atoms with Gasteiger partial charge in [0.05, 0.1) is 5.69 Å². The molecule has 1 saturated heterocycles. The Bertz CT molecular complexity index is 555. The maximum absolute atomic E-state index is 5.22. The van der Waals surface area contributed by atoms with Crippen molar-refractivity contribution < 1.29 is 4.52 Å². The molecule has 1 aromatic rings. The molecule has 148 valence electrons. The van der Waals surface area contributed by atoms with Crippen molar-refractivity contribution in [1.82, 2.24) is 20.7 Å². The predicted octanol–water partition coefficient (Wildman–Crippen LogP) is 3.02. The van der Waals surface area contributed by atoms with Crippen molar-refractivity contribution in [2.24, 2.45) is 4.99 Å². The first-order valence-corrected chi connectivity index (χ1v) is 9.80. The topological polar surface area (TPSA) is 65.7 Å². The van der Waals surface area contributed by atoms with Crippen molar-refractivity contribution in [1.29, 1.82) is 0 Å². The highest BCUT2D eigenvalue weighted by Crippen LogP contribution is 2.26. The van der Waals surface area contributed by atoms with E-state index in [-0.39, 0.29) is 24.0 Å². The van der Waals surface area contributed by atoms with E-state index in [9.17, 15) is 0 Å². The minimum absolute atomic E-state index is 0. The van der Waals surface area contributed by atoms with Gasteiger partial charge in [-0.3, -0.25) is 4.99 Å². The summed E-state index contributed by atoms with van der Waals surface area (Å²) in [7, 11) is 1.85.